The average molecular weight is 421 g/mol. The first-order valence-corrected chi connectivity index (χ1v) is 10.9. The number of ether oxygens (including phenoxy) is 1. The lowest BCUT2D eigenvalue weighted by Crippen LogP contribution is -2.02. The molecule has 0 amide bonds. The maximum Gasteiger partial charge on any atom is 0.120 e. The normalized spacial score (nSPS) is 12.0. The summed E-state index contributed by atoms with van der Waals surface area (Å²) in [4.78, 5) is 0. The molecule has 0 spiro atoms. The summed E-state index contributed by atoms with van der Waals surface area (Å²) in [5, 5.41) is 28.2. The number of hydrogen-bond donors (Lipinski definition) is 3. The molecule has 0 aromatic heterocycles. The van der Waals surface area contributed by atoms with Crippen LogP contribution >= 0.6 is 0 Å². The van der Waals surface area contributed by atoms with Crippen LogP contribution in [0.15, 0.2) is 60.7 Å². The van der Waals surface area contributed by atoms with Crippen molar-refractivity contribution >= 4 is 0 Å². The van der Waals surface area contributed by atoms with Crippen molar-refractivity contribution in [1.29, 1.82) is 0 Å². The van der Waals surface area contributed by atoms with Gasteiger partial charge in [-0.2, -0.15) is 0 Å². The summed E-state index contributed by atoms with van der Waals surface area (Å²) in [5.74, 6) is 1.16. The maximum absolute atomic E-state index is 9.48. The monoisotopic (exact) mass is 420 g/mol. The molecule has 0 bridgehead atoms. The highest BCUT2D eigenvalue weighted by molar-refractivity contribution is 5.66. The van der Waals surface area contributed by atoms with E-state index in [0.29, 0.717) is 12.5 Å². The summed E-state index contributed by atoms with van der Waals surface area (Å²) in [6.07, 6.45) is 1.80. The molecule has 0 saturated carbocycles. The molecule has 31 heavy (non-hydrogen) atoms. The van der Waals surface area contributed by atoms with E-state index in [2.05, 4.69) is 38.1 Å². The van der Waals surface area contributed by atoms with Crippen LogP contribution in [0.4, 0.5) is 0 Å². The molecule has 0 aliphatic rings. The quantitative estimate of drug-likeness (QED) is 0.427. The molecule has 1 unspecified atom stereocenters. The third kappa shape index (κ3) is 5.73. The standard InChI is InChI=1S/C27H32O4/c1-3-21(11-12-28)27-10-9-23(13-19(27)2)22-5-4-6-26(15-22)31-18-20-7-8-24(16-29)25(14-20)17-30/h4-10,13-15,21,28-30H,3,11-12,16-18H2,1-2H3. The fourth-order valence-corrected chi connectivity index (χ4v) is 4.05. The second kappa shape index (κ2) is 11.1. The van der Waals surface area contributed by atoms with Gasteiger partial charge in [-0.3, -0.25) is 0 Å². The first-order chi connectivity index (χ1) is 15.1. The van der Waals surface area contributed by atoms with Crippen molar-refractivity contribution in [3.05, 3.63) is 88.5 Å². The SMILES string of the molecule is CCC(CCO)c1ccc(-c2cccc(OCc3ccc(CO)c(CO)c3)c2)cc1C. The number of hydrogen-bond acceptors (Lipinski definition) is 4. The Kier molecular flexibility index (Phi) is 8.24. The lowest BCUT2D eigenvalue weighted by molar-refractivity contribution is 0.259. The van der Waals surface area contributed by atoms with Gasteiger partial charge in [-0.1, -0.05) is 49.4 Å². The zero-order valence-electron chi connectivity index (χ0n) is 18.3. The third-order valence-electron chi connectivity index (χ3n) is 5.86. The molecule has 4 heteroatoms. The summed E-state index contributed by atoms with van der Waals surface area (Å²) in [6.45, 7) is 4.70. The molecule has 3 aromatic carbocycles. The van der Waals surface area contributed by atoms with Gasteiger partial charge in [0, 0.05) is 6.61 Å². The summed E-state index contributed by atoms with van der Waals surface area (Å²) >= 11 is 0. The van der Waals surface area contributed by atoms with Crippen molar-refractivity contribution in [2.45, 2.75) is 52.4 Å². The van der Waals surface area contributed by atoms with E-state index in [-0.39, 0.29) is 19.8 Å². The second-order valence-electron chi connectivity index (χ2n) is 7.92. The number of rotatable bonds is 10. The van der Waals surface area contributed by atoms with Crippen LogP contribution in [0.1, 0.15) is 53.5 Å². The first kappa shape index (κ1) is 23.0. The molecule has 3 N–H and O–H groups in total. The summed E-state index contributed by atoms with van der Waals surface area (Å²) in [7, 11) is 0. The molecule has 0 heterocycles. The van der Waals surface area contributed by atoms with Crippen molar-refractivity contribution in [1.82, 2.24) is 0 Å². The number of benzene rings is 3. The lowest BCUT2D eigenvalue weighted by atomic mass is 9.88. The number of aryl methyl sites for hydroxylation is 1. The molecular formula is C27H32O4. The van der Waals surface area contributed by atoms with Crippen molar-refractivity contribution in [2.24, 2.45) is 0 Å². The number of aliphatic hydroxyl groups excluding tert-OH is 3. The summed E-state index contributed by atoms with van der Waals surface area (Å²) < 4.78 is 6.00. The van der Waals surface area contributed by atoms with E-state index >= 15 is 0 Å². The minimum absolute atomic E-state index is 0.0870. The second-order valence-corrected chi connectivity index (χ2v) is 7.92. The van der Waals surface area contributed by atoms with Crippen LogP contribution < -0.4 is 4.74 Å². The van der Waals surface area contributed by atoms with E-state index < -0.39 is 0 Å². The van der Waals surface area contributed by atoms with Gasteiger partial charge in [0.25, 0.3) is 0 Å². The molecule has 0 aliphatic heterocycles. The van der Waals surface area contributed by atoms with Gasteiger partial charge in [-0.25, -0.2) is 0 Å². The largest absolute Gasteiger partial charge is 0.489 e. The Balaban J connectivity index is 1.75. The number of aliphatic hydroxyl groups is 3. The predicted molar refractivity (Wildman–Crippen MR) is 124 cm³/mol. The van der Waals surface area contributed by atoms with Crippen LogP contribution in [-0.2, 0) is 19.8 Å². The van der Waals surface area contributed by atoms with Gasteiger partial charge >= 0.3 is 0 Å². The average Bonchev–Trinajstić information content (AvgIpc) is 2.81. The van der Waals surface area contributed by atoms with Crippen LogP contribution in [-0.4, -0.2) is 21.9 Å². The third-order valence-corrected chi connectivity index (χ3v) is 5.86. The van der Waals surface area contributed by atoms with Gasteiger partial charge in [-0.05, 0) is 82.8 Å². The molecule has 0 radical (unpaired) electrons. The van der Waals surface area contributed by atoms with E-state index in [0.717, 1.165) is 46.4 Å². The highest BCUT2D eigenvalue weighted by atomic mass is 16.5. The topological polar surface area (TPSA) is 69.9 Å². The van der Waals surface area contributed by atoms with Gasteiger partial charge < -0.3 is 20.1 Å². The van der Waals surface area contributed by atoms with Crippen LogP contribution in [0, 0.1) is 6.92 Å². The molecule has 0 fully saturated rings. The molecule has 3 rings (SSSR count). The first-order valence-electron chi connectivity index (χ1n) is 10.9. The molecule has 1 atom stereocenters. The Morgan fingerprint density at radius 2 is 1.61 bits per heavy atom. The maximum atomic E-state index is 9.48. The minimum atomic E-state index is -0.105. The van der Waals surface area contributed by atoms with E-state index in [1.807, 2.05) is 36.4 Å². The Morgan fingerprint density at radius 1 is 0.839 bits per heavy atom. The summed E-state index contributed by atoms with van der Waals surface area (Å²) in [5.41, 5.74) is 7.18. The smallest absolute Gasteiger partial charge is 0.120 e. The van der Waals surface area contributed by atoms with Crippen LogP contribution in [0.25, 0.3) is 11.1 Å². The van der Waals surface area contributed by atoms with E-state index in [4.69, 9.17) is 4.74 Å². The van der Waals surface area contributed by atoms with E-state index in [1.165, 1.54) is 11.1 Å². The highest BCUT2D eigenvalue weighted by Crippen LogP contribution is 2.31. The van der Waals surface area contributed by atoms with Crippen molar-refractivity contribution in [3.63, 3.8) is 0 Å². The van der Waals surface area contributed by atoms with Crippen molar-refractivity contribution in [3.8, 4) is 16.9 Å². The predicted octanol–water partition coefficient (Wildman–Crippen LogP) is 5.10. The fourth-order valence-electron chi connectivity index (χ4n) is 4.05. The van der Waals surface area contributed by atoms with E-state index in [1.54, 1.807) is 0 Å². The summed E-state index contributed by atoms with van der Waals surface area (Å²) in [6, 6.07) is 20.2. The Labute approximate surface area is 184 Å². The Bertz CT molecular complexity index is 996. The fraction of sp³-hybridized carbons (Fsp3) is 0.333. The Hall–Kier alpha value is -2.66. The van der Waals surface area contributed by atoms with Crippen molar-refractivity contribution in [2.75, 3.05) is 6.61 Å². The van der Waals surface area contributed by atoms with Gasteiger partial charge in [0.15, 0.2) is 0 Å². The zero-order chi connectivity index (χ0) is 22.2. The zero-order valence-corrected chi connectivity index (χ0v) is 18.3. The van der Waals surface area contributed by atoms with Gasteiger partial charge in [-0.15, -0.1) is 0 Å². The van der Waals surface area contributed by atoms with Gasteiger partial charge in [0.1, 0.15) is 12.4 Å². The Morgan fingerprint density at radius 3 is 2.29 bits per heavy atom. The van der Waals surface area contributed by atoms with Crippen molar-refractivity contribution < 1.29 is 20.1 Å². The van der Waals surface area contributed by atoms with E-state index in [9.17, 15) is 15.3 Å². The molecular weight excluding hydrogens is 388 g/mol. The van der Waals surface area contributed by atoms with Crippen LogP contribution in [0.2, 0.25) is 0 Å². The molecule has 164 valence electrons. The highest BCUT2D eigenvalue weighted by Gasteiger charge is 2.12. The minimum Gasteiger partial charge on any atom is -0.489 e. The van der Waals surface area contributed by atoms with Crippen LogP contribution in [0.3, 0.4) is 0 Å². The molecule has 0 aliphatic carbocycles. The molecule has 4 nitrogen and oxygen atoms in total. The van der Waals surface area contributed by atoms with Crippen LogP contribution in [0.5, 0.6) is 5.75 Å². The van der Waals surface area contributed by atoms with Gasteiger partial charge in [0.05, 0.1) is 13.2 Å². The van der Waals surface area contributed by atoms with Gasteiger partial charge in [0.2, 0.25) is 0 Å². The lowest BCUT2D eigenvalue weighted by Gasteiger charge is -2.18. The molecule has 0 saturated heterocycles. The molecule has 3 aromatic rings.